The van der Waals surface area contributed by atoms with Crippen LogP contribution in [0.4, 0.5) is 0 Å². The number of likely N-dealkylation sites (N-methyl/N-ethyl adjacent to an activating group) is 1. The minimum atomic E-state index is -0.573. The number of ketones is 1. The zero-order valence-electron chi connectivity index (χ0n) is 14.0. The lowest BCUT2D eigenvalue weighted by atomic mass is 10.1. The van der Waals surface area contributed by atoms with Crippen molar-refractivity contribution < 1.29 is 9.90 Å². The number of carbonyl (C=O) groups is 1. The lowest BCUT2D eigenvalue weighted by Crippen LogP contribution is -2.49. The first-order valence-electron chi connectivity index (χ1n) is 8.76. The molecule has 0 bridgehead atoms. The average molecular weight is 298 g/mol. The van der Waals surface area contributed by atoms with Crippen molar-refractivity contribution in [2.24, 2.45) is 0 Å². The summed E-state index contributed by atoms with van der Waals surface area (Å²) in [5.74, 6) is 0.218. The van der Waals surface area contributed by atoms with Crippen molar-refractivity contribution >= 4 is 5.78 Å². The van der Waals surface area contributed by atoms with E-state index in [4.69, 9.17) is 0 Å². The van der Waals surface area contributed by atoms with E-state index in [0.29, 0.717) is 12.8 Å². The van der Waals surface area contributed by atoms with E-state index in [0.717, 1.165) is 39.0 Å². The molecule has 1 atom stereocenters. The standard InChI is InChI=1S/C17H34N2O2/c1-3-4-5-6-7-8-9-10-16(20)15-17(21)19-13-11-18(2)12-14-19/h17,21H,3-15H2,1-2H3. The third kappa shape index (κ3) is 8.54. The Morgan fingerprint density at radius 2 is 1.57 bits per heavy atom. The largest absolute Gasteiger partial charge is 0.378 e. The van der Waals surface area contributed by atoms with Gasteiger partial charge in [-0.25, -0.2) is 0 Å². The summed E-state index contributed by atoms with van der Waals surface area (Å²) in [5, 5.41) is 10.1. The Bertz CT molecular complexity index is 276. The molecule has 0 aromatic rings. The molecule has 0 aromatic heterocycles. The van der Waals surface area contributed by atoms with Crippen LogP contribution in [0.15, 0.2) is 0 Å². The van der Waals surface area contributed by atoms with Gasteiger partial charge in [-0.15, -0.1) is 0 Å². The molecule has 21 heavy (non-hydrogen) atoms. The van der Waals surface area contributed by atoms with Crippen molar-refractivity contribution in [1.82, 2.24) is 9.80 Å². The number of aliphatic hydroxyl groups is 1. The molecule has 1 rings (SSSR count). The summed E-state index contributed by atoms with van der Waals surface area (Å²) >= 11 is 0. The molecule has 1 aliphatic rings. The average Bonchev–Trinajstić information content (AvgIpc) is 2.47. The molecule has 1 N–H and O–H groups in total. The number of rotatable bonds is 11. The molecule has 0 saturated carbocycles. The van der Waals surface area contributed by atoms with E-state index in [9.17, 15) is 9.90 Å². The molecule has 4 heteroatoms. The van der Waals surface area contributed by atoms with E-state index >= 15 is 0 Å². The van der Waals surface area contributed by atoms with Crippen molar-refractivity contribution in [3.8, 4) is 0 Å². The molecule has 124 valence electrons. The Morgan fingerprint density at radius 1 is 1.00 bits per heavy atom. The second-order valence-corrected chi connectivity index (χ2v) is 6.43. The Labute approximate surface area is 130 Å². The highest BCUT2D eigenvalue weighted by atomic mass is 16.3. The Hall–Kier alpha value is -0.450. The van der Waals surface area contributed by atoms with E-state index in [2.05, 4.69) is 18.9 Å². The first-order valence-corrected chi connectivity index (χ1v) is 8.76. The molecular weight excluding hydrogens is 264 g/mol. The highest BCUT2D eigenvalue weighted by Crippen LogP contribution is 2.12. The number of nitrogens with zero attached hydrogens (tertiary/aromatic N) is 2. The van der Waals surface area contributed by atoms with Crippen LogP contribution in [-0.4, -0.2) is 60.1 Å². The number of hydrogen-bond donors (Lipinski definition) is 1. The summed E-state index contributed by atoms with van der Waals surface area (Å²) in [6.07, 6.45) is 8.99. The summed E-state index contributed by atoms with van der Waals surface area (Å²) in [5.41, 5.74) is 0. The van der Waals surface area contributed by atoms with Crippen LogP contribution >= 0.6 is 0 Å². The second kappa shape index (κ2) is 11.2. The van der Waals surface area contributed by atoms with Crippen LogP contribution in [0.3, 0.4) is 0 Å². The van der Waals surface area contributed by atoms with Gasteiger partial charge in [0.25, 0.3) is 0 Å². The number of piperazine rings is 1. The van der Waals surface area contributed by atoms with Gasteiger partial charge in [-0.1, -0.05) is 45.4 Å². The quantitative estimate of drug-likeness (QED) is 0.596. The van der Waals surface area contributed by atoms with Crippen LogP contribution in [0.2, 0.25) is 0 Å². The number of aliphatic hydroxyl groups excluding tert-OH is 1. The fourth-order valence-corrected chi connectivity index (χ4v) is 2.83. The fourth-order valence-electron chi connectivity index (χ4n) is 2.83. The third-order valence-electron chi connectivity index (χ3n) is 4.43. The predicted molar refractivity (Wildman–Crippen MR) is 87.3 cm³/mol. The van der Waals surface area contributed by atoms with E-state index in [1.165, 1.54) is 32.1 Å². The first kappa shape index (κ1) is 18.6. The monoisotopic (exact) mass is 298 g/mol. The van der Waals surface area contributed by atoms with Gasteiger partial charge in [0.1, 0.15) is 12.0 Å². The zero-order valence-corrected chi connectivity index (χ0v) is 14.0. The smallest absolute Gasteiger partial charge is 0.136 e. The molecule has 0 aromatic carbocycles. The van der Waals surface area contributed by atoms with Gasteiger partial charge in [0, 0.05) is 39.0 Å². The minimum Gasteiger partial charge on any atom is -0.378 e. The van der Waals surface area contributed by atoms with Gasteiger partial charge in [0.2, 0.25) is 0 Å². The Balaban J connectivity index is 2.02. The van der Waals surface area contributed by atoms with Gasteiger partial charge >= 0.3 is 0 Å². The van der Waals surface area contributed by atoms with Crippen LogP contribution in [0.25, 0.3) is 0 Å². The summed E-state index contributed by atoms with van der Waals surface area (Å²) in [6.45, 7) is 5.90. The first-order chi connectivity index (χ1) is 10.1. The highest BCUT2D eigenvalue weighted by molar-refractivity contribution is 5.78. The summed E-state index contributed by atoms with van der Waals surface area (Å²) in [7, 11) is 2.09. The van der Waals surface area contributed by atoms with Crippen LogP contribution < -0.4 is 0 Å². The van der Waals surface area contributed by atoms with Gasteiger partial charge < -0.3 is 10.0 Å². The molecule has 1 heterocycles. The van der Waals surface area contributed by atoms with Gasteiger partial charge in [0.05, 0.1) is 0 Å². The van der Waals surface area contributed by atoms with E-state index in [1.807, 2.05) is 4.90 Å². The van der Waals surface area contributed by atoms with E-state index < -0.39 is 6.23 Å². The molecule has 1 fully saturated rings. The maximum atomic E-state index is 11.9. The highest BCUT2D eigenvalue weighted by Gasteiger charge is 2.22. The normalized spacial score (nSPS) is 18.8. The van der Waals surface area contributed by atoms with E-state index in [-0.39, 0.29) is 5.78 Å². The van der Waals surface area contributed by atoms with Crippen molar-refractivity contribution in [3.05, 3.63) is 0 Å². The SMILES string of the molecule is CCCCCCCCCC(=O)CC(O)N1CCN(C)CC1. The molecule has 0 radical (unpaired) electrons. The Kier molecular flexibility index (Phi) is 9.89. The van der Waals surface area contributed by atoms with Crippen molar-refractivity contribution in [1.29, 1.82) is 0 Å². The molecule has 0 amide bonds. The summed E-state index contributed by atoms with van der Waals surface area (Å²) in [4.78, 5) is 16.2. The molecule has 1 saturated heterocycles. The third-order valence-corrected chi connectivity index (χ3v) is 4.43. The molecule has 0 aliphatic carbocycles. The molecule has 1 aliphatic heterocycles. The van der Waals surface area contributed by atoms with Crippen LogP contribution in [0, 0.1) is 0 Å². The van der Waals surface area contributed by atoms with Crippen LogP contribution in [0.1, 0.15) is 64.7 Å². The van der Waals surface area contributed by atoms with Gasteiger partial charge in [0.15, 0.2) is 0 Å². The summed E-state index contributed by atoms with van der Waals surface area (Å²) < 4.78 is 0. The van der Waals surface area contributed by atoms with Gasteiger partial charge in [-0.05, 0) is 13.5 Å². The lowest BCUT2D eigenvalue weighted by molar-refractivity contribution is -0.125. The van der Waals surface area contributed by atoms with E-state index in [1.54, 1.807) is 0 Å². The van der Waals surface area contributed by atoms with Crippen molar-refractivity contribution in [2.75, 3.05) is 33.2 Å². The maximum absolute atomic E-state index is 11.9. The minimum absolute atomic E-state index is 0.218. The zero-order chi connectivity index (χ0) is 15.5. The van der Waals surface area contributed by atoms with Gasteiger partial charge in [-0.2, -0.15) is 0 Å². The molecule has 0 spiro atoms. The number of unbranched alkanes of at least 4 members (excludes halogenated alkanes) is 6. The Morgan fingerprint density at radius 3 is 2.19 bits per heavy atom. The number of carbonyl (C=O) groups excluding carboxylic acids is 1. The maximum Gasteiger partial charge on any atom is 0.136 e. The fraction of sp³-hybridized carbons (Fsp3) is 0.941. The predicted octanol–water partition coefficient (Wildman–Crippen LogP) is 2.65. The number of hydrogen-bond acceptors (Lipinski definition) is 4. The topological polar surface area (TPSA) is 43.8 Å². The van der Waals surface area contributed by atoms with Crippen LogP contribution in [0.5, 0.6) is 0 Å². The lowest BCUT2D eigenvalue weighted by Gasteiger charge is -2.35. The molecule has 1 unspecified atom stereocenters. The summed E-state index contributed by atoms with van der Waals surface area (Å²) in [6, 6.07) is 0. The van der Waals surface area contributed by atoms with Crippen molar-refractivity contribution in [2.45, 2.75) is 70.9 Å². The van der Waals surface area contributed by atoms with Crippen molar-refractivity contribution in [3.63, 3.8) is 0 Å². The molecular formula is C17H34N2O2. The van der Waals surface area contributed by atoms with Gasteiger partial charge in [-0.3, -0.25) is 9.69 Å². The van der Waals surface area contributed by atoms with Crippen LogP contribution in [-0.2, 0) is 4.79 Å². The molecule has 4 nitrogen and oxygen atoms in total. The number of Topliss-reactive ketones (excluding diaryl/α,β-unsaturated/α-hetero) is 1. The second-order valence-electron chi connectivity index (χ2n) is 6.43.